The molecule has 1 saturated carbocycles. The summed E-state index contributed by atoms with van der Waals surface area (Å²) in [6, 6.07) is 1.45. The van der Waals surface area contributed by atoms with Crippen molar-refractivity contribution < 1.29 is 4.74 Å². The van der Waals surface area contributed by atoms with Gasteiger partial charge in [-0.2, -0.15) is 0 Å². The SMILES string of the molecule is CN1C2CCC1CC(Oc1nnc(C3CC3)s1)C2. The minimum Gasteiger partial charge on any atom is -0.466 e. The summed E-state index contributed by atoms with van der Waals surface area (Å²) in [7, 11) is 2.26. The molecule has 1 aliphatic carbocycles. The maximum Gasteiger partial charge on any atom is 0.294 e. The van der Waals surface area contributed by atoms with Crippen LogP contribution in [0.15, 0.2) is 0 Å². The Labute approximate surface area is 111 Å². The second-order valence-electron chi connectivity index (χ2n) is 5.94. The zero-order valence-electron chi connectivity index (χ0n) is 10.7. The summed E-state index contributed by atoms with van der Waals surface area (Å²) in [5.41, 5.74) is 0. The summed E-state index contributed by atoms with van der Waals surface area (Å²) >= 11 is 1.66. The molecule has 2 bridgehead atoms. The van der Waals surface area contributed by atoms with Crippen molar-refractivity contribution in [3.63, 3.8) is 0 Å². The molecule has 1 aromatic heterocycles. The van der Waals surface area contributed by atoms with E-state index < -0.39 is 0 Å². The Kier molecular flexibility index (Phi) is 2.59. The number of piperidine rings is 1. The highest BCUT2D eigenvalue weighted by molar-refractivity contribution is 7.13. The van der Waals surface area contributed by atoms with Gasteiger partial charge in [0, 0.05) is 18.0 Å². The lowest BCUT2D eigenvalue weighted by molar-refractivity contribution is 0.0655. The molecule has 98 valence electrons. The van der Waals surface area contributed by atoms with E-state index in [0.29, 0.717) is 12.0 Å². The lowest BCUT2D eigenvalue weighted by atomic mass is 10.0. The Hall–Kier alpha value is -0.680. The highest BCUT2D eigenvalue weighted by Crippen LogP contribution is 2.43. The molecule has 2 atom stereocenters. The Bertz CT molecular complexity index is 431. The fourth-order valence-electron chi connectivity index (χ4n) is 3.36. The van der Waals surface area contributed by atoms with E-state index in [4.69, 9.17) is 4.74 Å². The van der Waals surface area contributed by atoms with Crippen LogP contribution in [-0.4, -0.2) is 40.3 Å². The minimum absolute atomic E-state index is 0.360. The molecule has 0 aromatic carbocycles. The molecule has 18 heavy (non-hydrogen) atoms. The second-order valence-corrected chi connectivity index (χ2v) is 6.91. The van der Waals surface area contributed by atoms with Gasteiger partial charge in [-0.15, -0.1) is 10.2 Å². The molecule has 3 fully saturated rings. The average Bonchev–Trinajstić information content (AvgIpc) is 3.08. The number of rotatable bonds is 3. The van der Waals surface area contributed by atoms with Gasteiger partial charge in [-0.25, -0.2) is 0 Å². The number of nitrogens with zero attached hydrogens (tertiary/aromatic N) is 3. The van der Waals surface area contributed by atoms with Gasteiger partial charge in [-0.1, -0.05) is 11.3 Å². The highest BCUT2D eigenvalue weighted by atomic mass is 32.1. The third-order valence-electron chi connectivity index (χ3n) is 4.67. The molecule has 2 unspecified atom stereocenters. The monoisotopic (exact) mass is 265 g/mol. The number of hydrogen-bond acceptors (Lipinski definition) is 5. The molecular weight excluding hydrogens is 246 g/mol. The van der Waals surface area contributed by atoms with Crippen molar-refractivity contribution in [2.45, 2.75) is 62.6 Å². The quantitative estimate of drug-likeness (QED) is 0.841. The predicted octanol–water partition coefficient (Wildman–Crippen LogP) is 2.42. The Balaban J connectivity index is 1.42. The third-order valence-corrected chi connectivity index (χ3v) is 5.65. The summed E-state index contributed by atoms with van der Waals surface area (Å²) in [6.07, 6.45) is 7.92. The number of fused-ring (bicyclic) bond motifs is 2. The zero-order valence-corrected chi connectivity index (χ0v) is 11.5. The number of aromatic nitrogens is 2. The third kappa shape index (κ3) is 1.93. The first-order chi connectivity index (χ1) is 8.79. The van der Waals surface area contributed by atoms with E-state index in [1.165, 1.54) is 30.7 Å². The van der Waals surface area contributed by atoms with E-state index in [9.17, 15) is 0 Å². The molecule has 0 radical (unpaired) electrons. The van der Waals surface area contributed by atoms with Crippen LogP contribution in [-0.2, 0) is 0 Å². The molecule has 2 saturated heterocycles. The van der Waals surface area contributed by atoms with Crippen LogP contribution >= 0.6 is 11.3 Å². The predicted molar refractivity (Wildman–Crippen MR) is 70.1 cm³/mol. The summed E-state index contributed by atoms with van der Waals surface area (Å²) in [4.78, 5) is 2.54. The van der Waals surface area contributed by atoms with Crippen LogP contribution in [0.25, 0.3) is 0 Å². The minimum atomic E-state index is 0.360. The smallest absolute Gasteiger partial charge is 0.294 e. The normalized spacial score (nSPS) is 35.9. The van der Waals surface area contributed by atoms with E-state index in [-0.39, 0.29) is 0 Å². The van der Waals surface area contributed by atoms with Crippen LogP contribution in [0, 0.1) is 0 Å². The van der Waals surface area contributed by atoms with E-state index >= 15 is 0 Å². The van der Waals surface area contributed by atoms with Crippen LogP contribution in [0.1, 0.15) is 49.5 Å². The maximum absolute atomic E-state index is 6.06. The summed E-state index contributed by atoms with van der Waals surface area (Å²) in [6.45, 7) is 0. The topological polar surface area (TPSA) is 38.2 Å². The standard InChI is InChI=1S/C13H19N3OS/c1-16-9-4-5-10(16)7-11(6-9)17-13-15-14-12(18-13)8-2-3-8/h8-11H,2-7H2,1H3. The molecule has 3 heterocycles. The molecule has 1 aromatic rings. The van der Waals surface area contributed by atoms with Crippen molar-refractivity contribution in [2.24, 2.45) is 0 Å². The summed E-state index contributed by atoms with van der Waals surface area (Å²) in [5, 5.41) is 10.4. The van der Waals surface area contributed by atoms with E-state index in [1.54, 1.807) is 11.3 Å². The van der Waals surface area contributed by atoms with Gasteiger partial charge in [0.1, 0.15) is 11.1 Å². The largest absolute Gasteiger partial charge is 0.466 e. The van der Waals surface area contributed by atoms with Crippen molar-refractivity contribution in [1.29, 1.82) is 0 Å². The summed E-state index contributed by atoms with van der Waals surface area (Å²) < 4.78 is 6.06. The van der Waals surface area contributed by atoms with Crippen LogP contribution in [0.2, 0.25) is 0 Å². The molecule has 5 heteroatoms. The molecule has 3 aliphatic rings. The van der Waals surface area contributed by atoms with Gasteiger partial charge in [0.05, 0.1) is 0 Å². The number of ether oxygens (including phenoxy) is 1. The zero-order chi connectivity index (χ0) is 12.1. The van der Waals surface area contributed by atoms with E-state index in [2.05, 4.69) is 22.1 Å². The van der Waals surface area contributed by atoms with Crippen molar-refractivity contribution >= 4 is 11.3 Å². The lowest BCUT2D eigenvalue weighted by Crippen LogP contribution is -2.43. The summed E-state index contributed by atoms with van der Waals surface area (Å²) in [5.74, 6) is 0.688. The fraction of sp³-hybridized carbons (Fsp3) is 0.846. The maximum atomic E-state index is 6.06. The van der Waals surface area contributed by atoms with Crippen molar-refractivity contribution in [3.05, 3.63) is 5.01 Å². The molecule has 0 N–H and O–H groups in total. The van der Waals surface area contributed by atoms with Gasteiger partial charge in [0.2, 0.25) is 0 Å². The van der Waals surface area contributed by atoms with Crippen LogP contribution in [0.4, 0.5) is 0 Å². The van der Waals surface area contributed by atoms with Crippen molar-refractivity contribution in [1.82, 2.24) is 15.1 Å². The first kappa shape index (κ1) is 11.2. The van der Waals surface area contributed by atoms with Crippen LogP contribution < -0.4 is 4.74 Å². The lowest BCUT2D eigenvalue weighted by Gasteiger charge is -2.35. The van der Waals surface area contributed by atoms with E-state index in [0.717, 1.165) is 30.1 Å². The van der Waals surface area contributed by atoms with Gasteiger partial charge >= 0.3 is 0 Å². The molecule has 0 spiro atoms. The second kappa shape index (κ2) is 4.17. The first-order valence-electron chi connectivity index (χ1n) is 7.01. The fourth-order valence-corrected chi connectivity index (χ4v) is 4.29. The molecule has 4 rings (SSSR count). The van der Waals surface area contributed by atoms with Crippen LogP contribution in [0.5, 0.6) is 5.19 Å². The Morgan fingerprint density at radius 1 is 1.11 bits per heavy atom. The van der Waals surface area contributed by atoms with Gasteiger partial charge in [0.25, 0.3) is 5.19 Å². The average molecular weight is 265 g/mol. The van der Waals surface area contributed by atoms with Crippen LogP contribution in [0.3, 0.4) is 0 Å². The highest BCUT2D eigenvalue weighted by Gasteiger charge is 2.39. The van der Waals surface area contributed by atoms with Crippen molar-refractivity contribution in [2.75, 3.05) is 7.05 Å². The molecular formula is C13H19N3OS. The number of hydrogen-bond donors (Lipinski definition) is 0. The van der Waals surface area contributed by atoms with E-state index in [1.807, 2.05) is 0 Å². The molecule has 0 amide bonds. The van der Waals surface area contributed by atoms with Crippen molar-refractivity contribution in [3.8, 4) is 5.19 Å². The van der Waals surface area contributed by atoms with Gasteiger partial charge in [0.15, 0.2) is 0 Å². The first-order valence-corrected chi connectivity index (χ1v) is 7.83. The Morgan fingerprint density at radius 2 is 1.83 bits per heavy atom. The molecule has 4 nitrogen and oxygen atoms in total. The molecule has 2 aliphatic heterocycles. The Morgan fingerprint density at radius 3 is 2.50 bits per heavy atom. The van der Waals surface area contributed by atoms with Gasteiger partial charge < -0.3 is 9.64 Å². The van der Waals surface area contributed by atoms with Gasteiger partial charge in [-0.3, -0.25) is 0 Å². The van der Waals surface area contributed by atoms with Gasteiger partial charge in [-0.05, 0) is 45.6 Å².